The van der Waals surface area contributed by atoms with Crippen LogP contribution < -0.4 is 25.2 Å². The van der Waals surface area contributed by atoms with E-state index in [0.29, 0.717) is 23.6 Å². The molecule has 0 fully saturated rings. The maximum absolute atomic E-state index is 13.5. The zero-order valence-electron chi connectivity index (χ0n) is 28.9. The minimum Gasteiger partial charge on any atom is -0.459 e. The first-order valence-electron chi connectivity index (χ1n) is 15.6. The number of hydrogen-bond acceptors (Lipinski definition) is 12. The smallest absolute Gasteiger partial charge is 0.416 e. The number of nitrogens with two attached hydrogens (primary N) is 1. The zero-order chi connectivity index (χ0) is 36.6. The van der Waals surface area contributed by atoms with E-state index >= 15 is 0 Å². The Kier molecular flexibility index (Phi) is 13.3. The number of nitrogens with one attached hydrogen (secondary N) is 2. The third-order valence-corrected chi connectivity index (χ3v) is 9.64. The lowest BCUT2D eigenvalue weighted by Crippen LogP contribution is -2.46. The number of methoxy groups -OCH3 is 1. The summed E-state index contributed by atoms with van der Waals surface area (Å²) in [5.74, 6) is 0.480. The second kappa shape index (κ2) is 17.0. The quantitative estimate of drug-likeness (QED) is 0.0447. The molecule has 4 N–H and O–H groups in total. The van der Waals surface area contributed by atoms with Gasteiger partial charge in [-0.25, -0.2) is 5.09 Å². The molecule has 0 aliphatic heterocycles. The summed E-state index contributed by atoms with van der Waals surface area (Å²) in [6.07, 6.45) is -0.666. The van der Waals surface area contributed by atoms with Crippen molar-refractivity contribution in [1.82, 2.24) is 24.5 Å². The van der Waals surface area contributed by atoms with Gasteiger partial charge in [-0.2, -0.15) is 28.0 Å². The number of aryl methyl sites for hydroxylation is 1. The normalized spacial score (nSPS) is 14.0. The molecule has 4 rings (SSSR count). The molecule has 0 aliphatic rings. The largest absolute Gasteiger partial charge is 0.459 e. The van der Waals surface area contributed by atoms with Gasteiger partial charge in [0.2, 0.25) is 5.95 Å². The van der Waals surface area contributed by atoms with Gasteiger partial charge in [0.25, 0.3) is 0 Å². The number of fused-ring (bicyclic) bond motifs is 1. The number of carbonyl (C=O) groups excluding carboxylic acids is 1. The standard InChI is InChI=1S/C33H43F3N7O5PS/c1-21-12-14-24(15-13-21)48-49(40-32(3,4)30(44)46-19-23-10-8-9-11-27(23)33(34,35)36)47-20-25(45-6)18-22(2)43-17-16-26-28(42(5)41-50-7)38-31(37)39-29(26)43/h8-17,22,25,40-41H,18-20H2,1-7H3,(H2,37,38,39). The molecule has 0 amide bonds. The highest BCUT2D eigenvalue weighted by Crippen LogP contribution is 2.39. The van der Waals surface area contributed by atoms with Crippen LogP contribution in [0.4, 0.5) is 24.9 Å². The molecule has 0 bridgehead atoms. The molecule has 0 aliphatic carbocycles. The van der Waals surface area contributed by atoms with Crippen LogP contribution >= 0.6 is 20.5 Å². The Morgan fingerprint density at radius 1 is 1.12 bits per heavy atom. The van der Waals surface area contributed by atoms with Crippen molar-refractivity contribution in [3.63, 3.8) is 0 Å². The third kappa shape index (κ3) is 10.2. The lowest BCUT2D eigenvalue weighted by atomic mass is 10.1. The molecule has 0 saturated carbocycles. The summed E-state index contributed by atoms with van der Waals surface area (Å²) in [4.78, 5) is 25.2. The summed E-state index contributed by atoms with van der Waals surface area (Å²) in [6.45, 7) is 6.57. The monoisotopic (exact) mass is 737 g/mol. The van der Waals surface area contributed by atoms with Gasteiger partial charge >= 0.3 is 20.7 Å². The van der Waals surface area contributed by atoms with Crippen LogP contribution in [-0.2, 0) is 31.6 Å². The van der Waals surface area contributed by atoms with Crippen molar-refractivity contribution in [2.75, 3.05) is 37.8 Å². The van der Waals surface area contributed by atoms with E-state index in [-0.39, 0.29) is 24.2 Å². The van der Waals surface area contributed by atoms with Crippen LogP contribution in [0.3, 0.4) is 0 Å². The highest BCUT2D eigenvalue weighted by molar-refractivity contribution is 7.96. The number of esters is 1. The van der Waals surface area contributed by atoms with Crippen molar-refractivity contribution in [3.05, 3.63) is 77.5 Å². The second-order valence-corrected chi connectivity index (χ2v) is 13.9. The summed E-state index contributed by atoms with van der Waals surface area (Å²) in [5, 5.41) is 5.66. The topological polar surface area (TPSA) is 138 Å². The van der Waals surface area contributed by atoms with E-state index in [4.69, 9.17) is 24.3 Å². The highest BCUT2D eigenvalue weighted by atomic mass is 32.2. The van der Waals surface area contributed by atoms with Gasteiger partial charge < -0.3 is 28.8 Å². The molecular formula is C33H43F3N7O5PS. The zero-order valence-corrected chi connectivity index (χ0v) is 30.7. The van der Waals surface area contributed by atoms with Crippen molar-refractivity contribution in [1.29, 1.82) is 0 Å². The van der Waals surface area contributed by atoms with Crippen LogP contribution in [-0.4, -0.2) is 59.2 Å². The molecule has 0 spiro atoms. The van der Waals surface area contributed by atoms with Crippen LogP contribution in [0.2, 0.25) is 0 Å². The van der Waals surface area contributed by atoms with Crippen LogP contribution in [0, 0.1) is 6.92 Å². The maximum atomic E-state index is 13.5. The number of rotatable bonds is 17. The van der Waals surface area contributed by atoms with Crippen molar-refractivity contribution >= 4 is 49.2 Å². The first-order valence-corrected chi connectivity index (χ1v) is 18.0. The summed E-state index contributed by atoms with van der Waals surface area (Å²) < 4.78 is 66.0. The Morgan fingerprint density at radius 3 is 2.48 bits per heavy atom. The number of aromatic nitrogens is 3. The highest BCUT2D eigenvalue weighted by Gasteiger charge is 2.37. The minimum absolute atomic E-state index is 0.0808. The summed E-state index contributed by atoms with van der Waals surface area (Å²) >= 11 is 1.42. The number of hydrogen-bond donors (Lipinski definition) is 3. The van der Waals surface area contributed by atoms with Gasteiger partial charge in [-0.15, -0.1) is 0 Å². The van der Waals surface area contributed by atoms with Crippen LogP contribution in [0.5, 0.6) is 5.75 Å². The van der Waals surface area contributed by atoms with Gasteiger partial charge in [-0.1, -0.05) is 47.8 Å². The number of carbonyl (C=O) groups is 1. The predicted octanol–water partition coefficient (Wildman–Crippen LogP) is 6.96. The number of nitrogens with zero attached hydrogens (tertiary/aromatic N) is 4. The maximum Gasteiger partial charge on any atom is 0.416 e. The van der Waals surface area contributed by atoms with E-state index in [0.717, 1.165) is 17.0 Å². The van der Waals surface area contributed by atoms with Gasteiger partial charge in [0.15, 0.2) is 5.82 Å². The van der Waals surface area contributed by atoms with Crippen molar-refractivity contribution < 1.29 is 36.5 Å². The molecule has 12 nitrogen and oxygen atoms in total. The molecule has 0 radical (unpaired) electrons. The average Bonchev–Trinajstić information content (AvgIpc) is 3.49. The Labute approximate surface area is 295 Å². The fraction of sp³-hybridized carbons (Fsp3) is 0.424. The van der Waals surface area contributed by atoms with Crippen LogP contribution in [0.1, 0.15) is 49.9 Å². The van der Waals surface area contributed by atoms with Gasteiger partial charge in [-0.3, -0.25) is 9.80 Å². The van der Waals surface area contributed by atoms with Crippen LogP contribution in [0.15, 0.2) is 60.8 Å². The molecular weight excluding hydrogens is 694 g/mol. The molecule has 2 aromatic carbocycles. The molecule has 17 heteroatoms. The summed E-state index contributed by atoms with van der Waals surface area (Å²) in [5.41, 5.74) is 5.34. The molecule has 50 heavy (non-hydrogen) atoms. The SMILES string of the molecule is COC(COP(NC(C)(C)C(=O)OCc1ccccc1C(F)(F)F)Oc1ccc(C)cc1)CC(C)n1ccc2c(N(C)NSC)nc(N)nc21. The van der Waals surface area contributed by atoms with Crippen molar-refractivity contribution in [2.24, 2.45) is 0 Å². The number of benzene rings is 2. The predicted molar refractivity (Wildman–Crippen MR) is 190 cm³/mol. The number of hydrazine groups is 1. The van der Waals surface area contributed by atoms with E-state index in [1.165, 1.54) is 30.1 Å². The molecule has 3 unspecified atom stereocenters. The summed E-state index contributed by atoms with van der Waals surface area (Å²) in [7, 11) is 1.44. The Morgan fingerprint density at radius 2 is 1.82 bits per heavy atom. The Bertz CT molecular complexity index is 1730. The second-order valence-electron chi connectivity index (χ2n) is 12.1. The lowest BCUT2D eigenvalue weighted by Gasteiger charge is -2.30. The minimum atomic E-state index is -4.59. The number of alkyl halides is 3. The van der Waals surface area contributed by atoms with Gasteiger partial charge in [0.1, 0.15) is 23.5 Å². The molecule has 4 aromatic rings. The number of nitrogen functional groups attached to an aromatic ring is 1. The molecule has 2 aromatic heterocycles. The average molecular weight is 738 g/mol. The van der Waals surface area contributed by atoms with Crippen molar-refractivity contribution in [2.45, 2.75) is 64.6 Å². The molecule has 272 valence electrons. The number of ether oxygens (including phenoxy) is 2. The van der Waals surface area contributed by atoms with E-state index < -0.39 is 44.5 Å². The van der Waals surface area contributed by atoms with E-state index in [1.54, 1.807) is 38.1 Å². The lowest BCUT2D eigenvalue weighted by molar-refractivity contribution is -0.152. The van der Waals surface area contributed by atoms with Crippen LogP contribution in [0.25, 0.3) is 11.0 Å². The Balaban J connectivity index is 1.47. The molecule has 0 saturated heterocycles. The first-order chi connectivity index (χ1) is 23.6. The van der Waals surface area contributed by atoms with E-state index in [2.05, 4.69) is 19.9 Å². The third-order valence-electron chi connectivity index (χ3n) is 7.68. The fourth-order valence-corrected chi connectivity index (χ4v) is 6.68. The molecule has 2 heterocycles. The fourth-order valence-electron chi connectivity index (χ4n) is 5.00. The van der Waals surface area contributed by atoms with Crippen molar-refractivity contribution in [3.8, 4) is 5.75 Å². The molecule has 3 atom stereocenters. The Hall–Kier alpha value is -3.66. The van der Waals surface area contributed by atoms with E-state index in [9.17, 15) is 18.0 Å². The van der Waals surface area contributed by atoms with Gasteiger partial charge in [-0.05, 0) is 64.6 Å². The first kappa shape index (κ1) is 39.1. The van der Waals surface area contributed by atoms with Gasteiger partial charge in [0.05, 0.1) is 23.7 Å². The van der Waals surface area contributed by atoms with Gasteiger partial charge in [0, 0.05) is 32.0 Å². The van der Waals surface area contributed by atoms with E-state index in [1.807, 2.05) is 56.1 Å². The summed E-state index contributed by atoms with van der Waals surface area (Å²) in [6, 6.07) is 14.1. The number of anilines is 2. The number of halogens is 3.